The zero-order valence-corrected chi connectivity index (χ0v) is 9.15. The van der Waals surface area contributed by atoms with Gasteiger partial charge in [0.25, 0.3) is 0 Å². The molecule has 0 aromatic rings. The standard InChI is InChI=1S/C12H21FO/c1-11(13)7-8-12(10-14-9-11)5-3-2-4-6-12/h2-10H2,1H3. The third-order valence-corrected chi connectivity index (χ3v) is 3.90. The third-order valence-electron chi connectivity index (χ3n) is 3.90. The van der Waals surface area contributed by atoms with E-state index in [1.165, 1.54) is 32.1 Å². The van der Waals surface area contributed by atoms with Crippen LogP contribution >= 0.6 is 0 Å². The highest BCUT2D eigenvalue weighted by atomic mass is 19.1. The van der Waals surface area contributed by atoms with Crippen molar-refractivity contribution in [1.82, 2.24) is 0 Å². The molecule has 1 aliphatic carbocycles. The number of ether oxygens (including phenoxy) is 1. The molecular weight excluding hydrogens is 179 g/mol. The molecule has 0 amide bonds. The third kappa shape index (κ3) is 2.28. The van der Waals surface area contributed by atoms with E-state index in [-0.39, 0.29) is 0 Å². The van der Waals surface area contributed by atoms with Gasteiger partial charge in [-0.25, -0.2) is 4.39 Å². The molecule has 2 aliphatic rings. The van der Waals surface area contributed by atoms with Crippen LogP contribution in [-0.2, 0) is 4.74 Å². The van der Waals surface area contributed by atoms with Gasteiger partial charge in [-0.15, -0.1) is 0 Å². The van der Waals surface area contributed by atoms with Gasteiger partial charge in [0.15, 0.2) is 0 Å². The fourth-order valence-electron chi connectivity index (χ4n) is 2.85. The Morgan fingerprint density at radius 2 is 1.64 bits per heavy atom. The summed E-state index contributed by atoms with van der Waals surface area (Å²) >= 11 is 0. The van der Waals surface area contributed by atoms with Gasteiger partial charge in [-0.05, 0) is 38.0 Å². The maximum absolute atomic E-state index is 13.7. The van der Waals surface area contributed by atoms with Crippen LogP contribution in [0, 0.1) is 5.41 Å². The molecule has 1 saturated carbocycles. The van der Waals surface area contributed by atoms with Gasteiger partial charge in [-0.1, -0.05) is 19.3 Å². The van der Waals surface area contributed by atoms with Gasteiger partial charge < -0.3 is 4.74 Å². The lowest BCUT2D eigenvalue weighted by atomic mass is 9.71. The SMILES string of the molecule is CC1(F)CCC2(CCCCC2)COC1. The minimum Gasteiger partial charge on any atom is -0.378 e. The molecule has 2 heteroatoms. The molecule has 1 heterocycles. The summed E-state index contributed by atoms with van der Waals surface area (Å²) in [6.07, 6.45) is 8.20. The molecule has 1 aliphatic heterocycles. The summed E-state index contributed by atoms with van der Waals surface area (Å²) in [6.45, 7) is 2.77. The Morgan fingerprint density at radius 3 is 2.36 bits per heavy atom. The van der Waals surface area contributed by atoms with Gasteiger partial charge in [0.2, 0.25) is 0 Å². The van der Waals surface area contributed by atoms with Gasteiger partial charge in [0.1, 0.15) is 5.67 Å². The number of alkyl halides is 1. The first-order chi connectivity index (χ1) is 6.62. The molecule has 0 radical (unpaired) electrons. The van der Waals surface area contributed by atoms with E-state index in [1.807, 2.05) is 0 Å². The van der Waals surface area contributed by atoms with Crippen LogP contribution < -0.4 is 0 Å². The van der Waals surface area contributed by atoms with E-state index >= 15 is 0 Å². The Balaban J connectivity index is 1.99. The summed E-state index contributed by atoms with van der Waals surface area (Å²) in [5.41, 5.74) is -0.747. The van der Waals surface area contributed by atoms with Crippen molar-refractivity contribution in [2.75, 3.05) is 13.2 Å². The molecule has 2 fully saturated rings. The van der Waals surface area contributed by atoms with Gasteiger partial charge in [0, 0.05) is 0 Å². The number of halogens is 1. The molecule has 1 atom stereocenters. The summed E-state index contributed by atoms with van der Waals surface area (Å²) in [5.74, 6) is 0. The van der Waals surface area contributed by atoms with Gasteiger partial charge >= 0.3 is 0 Å². The monoisotopic (exact) mass is 200 g/mol. The normalized spacial score (nSPS) is 38.1. The maximum Gasteiger partial charge on any atom is 0.131 e. The summed E-state index contributed by atoms with van der Waals surface area (Å²) in [7, 11) is 0. The maximum atomic E-state index is 13.7. The largest absolute Gasteiger partial charge is 0.378 e. The molecule has 1 saturated heterocycles. The van der Waals surface area contributed by atoms with Crippen LogP contribution in [0.1, 0.15) is 51.9 Å². The topological polar surface area (TPSA) is 9.23 Å². The molecule has 82 valence electrons. The zero-order chi connectivity index (χ0) is 10.1. The Bertz CT molecular complexity index is 194. The minimum absolute atomic E-state index is 0.300. The number of rotatable bonds is 0. The van der Waals surface area contributed by atoms with E-state index in [9.17, 15) is 4.39 Å². The predicted molar refractivity (Wildman–Crippen MR) is 55.1 cm³/mol. The quantitative estimate of drug-likeness (QED) is 0.581. The summed E-state index contributed by atoms with van der Waals surface area (Å²) in [5, 5.41) is 0. The zero-order valence-electron chi connectivity index (χ0n) is 9.15. The van der Waals surface area contributed by atoms with Crippen molar-refractivity contribution in [2.24, 2.45) is 5.41 Å². The molecule has 2 rings (SSSR count). The second kappa shape index (κ2) is 3.80. The molecule has 1 unspecified atom stereocenters. The molecule has 0 aromatic carbocycles. The van der Waals surface area contributed by atoms with E-state index in [0.717, 1.165) is 13.0 Å². The first-order valence-electron chi connectivity index (χ1n) is 5.89. The first-order valence-corrected chi connectivity index (χ1v) is 5.89. The lowest BCUT2D eigenvalue weighted by Crippen LogP contribution is -2.28. The van der Waals surface area contributed by atoms with Crippen molar-refractivity contribution in [3.63, 3.8) is 0 Å². The van der Waals surface area contributed by atoms with Crippen molar-refractivity contribution in [3.8, 4) is 0 Å². The summed E-state index contributed by atoms with van der Waals surface area (Å²) in [4.78, 5) is 0. The van der Waals surface area contributed by atoms with Crippen LogP contribution in [0.4, 0.5) is 4.39 Å². The lowest BCUT2D eigenvalue weighted by molar-refractivity contribution is 0.00536. The highest BCUT2D eigenvalue weighted by molar-refractivity contribution is 4.88. The lowest BCUT2D eigenvalue weighted by Gasteiger charge is -2.35. The van der Waals surface area contributed by atoms with Crippen LogP contribution in [-0.4, -0.2) is 18.9 Å². The minimum atomic E-state index is -1.08. The molecular formula is C12H21FO. The van der Waals surface area contributed by atoms with E-state index in [4.69, 9.17) is 4.74 Å². The number of hydrogen-bond donors (Lipinski definition) is 0. The summed E-state index contributed by atoms with van der Waals surface area (Å²) in [6, 6.07) is 0. The Hall–Kier alpha value is -0.110. The Labute approximate surface area is 86.0 Å². The smallest absolute Gasteiger partial charge is 0.131 e. The van der Waals surface area contributed by atoms with E-state index in [0.29, 0.717) is 18.4 Å². The Kier molecular flexibility index (Phi) is 2.83. The molecule has 0 aromatic heterocycles. The van der Waals surface area contributed by atoms with E-state index < -0.39 is 5.67 Å². The second-order valence-corrected chi connectivity index (χ2v) is 5.47. The van der Waals surface area contributed by atoms with E-state index in [2.05, 4.69) is 0 Å². The molecule has 1 nitrogen and oxygen atoms in total. The van der Waals surface area contributed by atoms with Crippen LogP contribution in [0.5, 0.6) is 0 Å². The number of hydrogen-bond acceptors (Lipinski definition) is 1. The average Bonchev–Trinajstić information content (AvgIpc) is 2.29. The fraction of sp³-hybridized carbons (Fsp3) is 1.00. The second-order valence-electron chi connectivity index (χ2n) is 5.47. The summed E-state index contributed by atoms with van der Waals surface area (Å²) < 4.78 is 19.3. The molecule has 14 heavy (non-hydrogen) atoms. The molecule has 1 spiro atoms. The average molecular weight is 200 g/mol. The Morgan fingerprint density at radius 1 is 0.929 bits per heavy atom. The molecule has 0 N–H and O–H groups in total. The van der Waals surface area contributed by atoms with Gasteiger partial charge in [0.05, 0.1) is 13.2 Å². The van der Waals surface area contributed by atoms with Crippen molar-refractivity contribution in [2.45, 2.75) is 57.5 Å². The van der Waals surface area contributed by atoms with Crippen LogP contribution in [0.25, 0.3) is 0 Å². The van der Waals surface area contributed by atoms with Crippen molar-refractivity contribution >= 4 is 0 Å². The van der Waals surface area contributed by atoms with Crippen LogP contribution in [0.3, 0.4) is 0 Å². The highest BCUT2D eigenvalue weighted by Crippen LogP contribution is 2.44. The van der Waals surface area contributed by atoms with Crippen molar-refractivity contribution in [3.05, 3.63) is 0 Å². The van der Waals surface area contributed by atoms with Gasteiger partial charge in [-0.2, -0.15) is 0 Å². The van der Waals surface area contributed by atoms with Gasteiger partial charge in [-0.3, -0.25) is 0 Å². The van der Waals surface area contributed by atoms with E-state index in [1.54, 1.807) is 6.92 Å². The molecule has 0 bridgehead atoms. The predicted octanol–water partition coefficient (Wildman–Crippen LogP) is 3.48. The van der Waals surface area contributed by atoms with Crippen molar-refractivity contribution < 1.29 is 9.13 Å². The van der Waals surface area contributed by atoms with Crippen LogP contribution in [0.15, 0.2) is 0 Å². The highest BCUT2D eigenvalue weighted by Gasteiger charge is 2.38. The van der Waals surface area contributed by atoms with Crippen molar-refractivity contribution in [1.29, 1.82) is 0 Å². The fourth-order valence-corrected chi connectivity index (χ4v) is 2.85. The van der Waals surface area contributed by atoms with Crippen LogP contribution in [0.2, 0.25) is 0 Å². The first kappa shape index (κ1) is 10.4.